The predicted octanol–water partition coefficient (Wildman–Crippen LogP) is 13.5. The highest BCUT2D eigenvalue weighted by Gasteiger charge is 2.71. The second kappa shape index (κ2) is 11.8. The molecule has 0 spiro atoms. The van der Waals surface area contributed by atoms with Crippen molar-refractivity contribution >= 4 is 209 Å². The van der Waals surface area contributed by atoms with Crippen molar-refractivity contribution in [2.45, 2.75) is 53.4 Å². The first-order valence-electron chi connectivity index (χ1n) is 8.59. The maximum atomic E-state index is 6.68. The minimum atomic E-state index is -2.58. The molecule has 0 aliphatic rings. The van der Waals surface area contributed by atoms with Gasteiger partial charge in [-0.1, -0.05) is 241 Å². The molecule has 0 saturated heterocycles. The van der Waals surface area contributed by atoms with Crippen molar-refractivity contribution in [2.24, 2.45) is 0 Å². The average molecular weight is 852 g/mol. The zero-order valence-corrected chi connectivity index (χ0v) is 30.2. The monoisotopic (exact) mass is 844 g/mol. The minimum Gasteiger partial charge on any atom is -0.0943 e. The molecule has 0 N–H and O–H groups in total. The van der Waals surface area contributed by atoms with Crippen molar-refractivity contribution in [3.63, 3.8) is 0 Å². The molecular weight excluding hydrogens is 842 g/mol. The summed E-state index contributed by atoms with van der Waals surface area (Å²) in [6, 6.07) is 4.23. The highest BCUT2D eigenvalue weighted by Crippen LogP contribution is 2.68. The molecule has 0 aliphatic heterocycles. The Labute approximate surface area is 293 Å². The quantitative estimate of drug-likeness (QED) is 0.240. The Morgan fingerprint density at radius 2 is 0.714 bits per heavy atom. The maximum Gasteiger partial charge on any atom is 0.226 e. The molecule has 0 radical (unpaired) electrons. The van der Waals surface area contributed by atoms with Crippen LogP contribution in [-0.4, -0.2) is 24.9 Å². The lowest BCUT2D eigenvalue weighted by atomic mass is 9.86. The van der Waals surface area contributed by atoms with Crippen LogP contribution in [0.25, 0.3) is 0 Å². The summed E-state index contributed by atoms with van der Waals surface area (Å²) in [5.74, 6) is -0.483. The molecule has 0 heterocycles. The van der Waals surface area contributed by atoms with E-state index in [0.29, 0.717) is 0 Å². The van der Waals surface area contributed by atoms with E-state index in [0.717, 1.165) is 0 Å². The SMILES string of the molecule is CC(C)c1c(C(Cl)(Cl)C(Cl)(Cl)C(Cl)(Cl)C(Cl)(Cl)Cl)cccc1C(Cl)(Cl)C(Cl)(Cl)C(Cl)(Cl)C(Cl)(Cl)Cl. The largest absolute Gasteiger partial charge is 0.226 e. The molecule has 0 atom stereocenters. The normalized spacial score (nSPS) is 15.7. The van der Waals surface area contributed by atoms with E-state index in [4.69, 9.17) is 209 Å². The zero-order valence-electron chi connectivity index (χ0n) is 16.6. The van der Waals surface area contributed by atoms with Crippen LogP contribution in [0.4, 0.5) is 0 Å². The highest BCUT2D eigenvalue weighted by molar-refractivity contribution is 6.81. The van der Waals surface area contributed by atoms with E-state index in [9.17, 15) is 0 Å². The molecule has 0 bridgehead atoms. The molecule has 35 heavy (non-hydrogen) atoms. The molecule has 1 aromatic rings. The Morgan fingerprint density at radius 1 is 0.457 bits per heavy atom. The molecule has 204 valence electrons. The van der Waals surface area contributed by atoms with E-state index < -0.39 is 39.5 Å². The van der Waals surface area contributed by atoms with Gasteiger partial charge in [-0.25, -0.2) is 0 Å². The van der Waals surface area contributed by atoms with E-state index in [1.165, 1.54) is 18.2 Å². The summed E-state index contributed by atoms with van der Waals surface area (Å²) < 4.78 is -20.0. The van der Waals surface area contributed by atoms with E-state index in [-0.39, 0.29) is 16.7 Å². The van der Waals surface area contributed by atoms with Gasteiger partial charge in [0.1, 0.15) is 0 Å². The van der Waals surface area contributed by atoms with E-state index in [2.05, 4.69) is 0 Å². The van der Waals surface area contributed by atoms with E-state index >= 15 is 0 Å². The molecule has 0 unspecified atom stereocenters. The van der Waals surface area contributed by atoms with Crippen LogP contribution in [0.15, 0.2) is 18.2 Å². The van der Waals surface area contributed by atoms with Crippen molar-refractivity contribution in [1.29, 1.82) is 0 Å². The van der Waals surface area contributed by atoms with E-state index in [1.807, 2.05) is 0 Å². The van der Waals surface area contributed by atoms with Gasteiger partial charge in [0.05, 0.1) is 0 Å². The van der Waals surface area contributed by atoms with Gasteiger partial charge >= 0.3 is 0 Å². The minimum absolute atomic E-state index is 0.0169. The van der Waals surface area contributed by atoms with E-state index in [1.54, 1.807) is 13.8 Å². The molecule has 0 aliphatic carbocycles. The van der Waals surface area contributed by atoms with Crippen LogP contribution < -0.4 is 0 Å². The average Bonchev–Trinajstić information content (AvgIpc) is 2.64. The van der Waals surface area contributed by atoms with Gasteiger partial charge in [0.15, 0.2) is 17.3 Å². The van der Waals surface area contributed by atoms with Gasteiger partial charge in [0.25, 0.3) is 0 Å². The topological polar surface area (TPSA) is 0 Å². The van der Waals surface area contributed by atoms with Crippen molar-refractivity contribution in [3.8, 4) is 0 Å². The lowest BCUT2D eigenvalue weighted by molar-refractivity contribution is 0.577. The lowest BCUT2D eigenvalue weighted by Gasteiger charge is -2.47. The first kappa shape index (κ1) is 37.5. The van der Waals surface area contributed by atoms with Crippen molar-refractivity contribution in [2.75, 3.05) is 0 Å². The smallest absolute Gasteiger partial charge is 0.0943 e. The Kier molecular flexibility index (Phi) is 12.7. The van der Waals surface area contributed by atoms with Gasteiger partial charge in [-0.3, -0.25) is 0 Å². The molecule has 0 amide bonds. The third-order valence-corrected chi connectivity index (χ3v) is 15.5. The van der Waals surface area contributed by atoms with Crippen molar-refractivity contribution < 1.29 is 0 Å². The number of rotatable bonds is 7. The summed E-state index contributed by atoms with van der Waals surface area (Å²) in [5, 5.41) is 0. The number of alkyl halides is 18. The second-order valence-corrected chi connectivity index (χ2v) is 19.9. The van der Waals surface area contributed by atoms with Crippen molar-refractivity contribution in [3.05, 3.63) is 34.9 Å². The van der Waals surface area contributed by atoms with Crippen LogP contribution in [0.1, 0.15) is 36.5 Å². The number of halogens is 18. The number of benzene rings is 1. The first-order chi connectivity index (χ1) is 15.0. The lowest BCUT2D eigenvalue weighted by Crippen LogP contribution is -2.56. The molecule has 0 fully saturated rings. The molecule has 1 rings (SSSR count). The zero-order chi connectivity index (χ0) is 28.4. The van der Waals surface area contributed by atoms with Crippen LogP contribution in [0.3, 0.4) is 0 Å². The number of hydrogen-bond donors (Lipinski definition) is 0. The fourth-order valence-electron chi connectivity index (χ4n) is 2.82. The summed E-state index contributed by atoms with van der Waals surface area (Å²) in [5.41, 5.74) is 0.175. The van der Waals surface area contributed by atoms with Gasteiger partial charge in [0.2, 0.25) is 16.3 Å². The summed E-state index contributed by atoms with van der Waals surface area (Å²) in [6.45, 7) is 3.41. The third-order valence-electron chi connectivity index (χ3n) is 4.65. The van der Waals surface area contributed by atoms with Gasteiger partial charge in [-0.15, -0.1) is 0 Å². The van der Waals surface area contributed by atoms with Gasteiger partial charge in [0, 0.05) is 0 Å². The van der Waals surface area contributed by atoms with Gasteiger partial charge in [-0.05, 0) is 22.6 Å². The van der Waals surface area contributed by atoms with Crippen LogP contribution in [0.5, 0.6) is 0 Å². The molecule has 0 aromatic heterocycles. The Bertz CT molecular complexity index is 850. The van der Waals surface area contributed by atoms with Crippen LogP contribution >= 0.6 is 209 Å². The molecule has 1 aromatic carbocycles. The number of hydrogen-bond acceptors (Lipinski definition) is 0. The third kappa shape index (κ3) is 6.53. The summed E-state index contributed by atoms with van der Waals surface area (Å²) in [4.78, 5) is 0. The summed E-state index contributed by atoms with van der Waals surface area (Å²) >= 11 is 113. The fourth-order valence-corrected chi connectivity index (χ4v) is 7.41. The predicted molar refractivity (Wildman–Crippen MR) is 166 cm³/mol. The molecule has 18 heteroatoms. The van der Waals surface area contributed by atoms with Crippen LogP contribution in [-0.2, 0) is 8.67 Å². The van der Waals surface area contributed by atoms with Crippen LogP contribution in [0, 0.1) is 0 Å². The molecular formula is C17H10Cl18. The molecule has 0 nitrogen and oxygen atoms in total. The first-order valence-corrected chi connectivity index (χ1v) is 15.4. The summed E-state index contributed by atoms with van der Waals surface area (Å²) in [6.07, 6.45) is 0. The standard InChI is InChI=1S/C17H10Cl18/c1-6(2)9-7(10(18,19)12(22,23)14(26,27)16(30,31)32)4-3-5-8(9)11(20,21)13(24,25)15(28,29)17(33,34)35/h3-6H,1-2H3. The molecule has 0 saturated carbocycles. The Hall–Kier alpha value is 4.44. The highest BCUT2D eigenvalue weighted by atomic mass is 35.6. The fraction of sp³-hybridized carbons (Fsp3) is 0.647. The summed E-state index contributed by atoms with van der Waals surface area (Å²) in [7, 11) is 0. The van der Waals surface area contributed by atoms with Crippen molar-refractivity contribution in [1.82, 2.24) is 0 Å². The van der Waals surface area contributed by atoms with Gasteiger partial charge in [-0.2, -0.15) is 0 Å². The van der Waals surface area contributed by atoms with Gasteiger partial charge < -0.3 is 0 Å². The Morgan fingerprint density at radius 3 is 0.914 bits per heavy atom. The maximum absolute atomic E-state index is 6.68. The second-order valence-electron chi connectivity index (χ2n) is 7.36. The van der Waals surface area contributed by atoms with Crippen LogP contribution in [0.2, 0.25) is 0 Å². The Balaban J connectivity index is 4.04.